The summed E-state index contributed by atoms with van der Waals surface area (Å²) in [5.74, 6) is 1.25. The van der Waals surface area contributed by atoms with Gasteiger partial charge in [-0.05, 0) is 39.7 Å². The number of hydrogen-bond acceptors (Lipinski definition) is 4. The van der Waals surface area contributed by atoms with E-state index in [9.17, 15) is 5.26 Å². The first-order valence-corrected chi connectivity index (χ1v) is 9.27. The van der Waals surface area contributed by atoms with Crippen LogP contribution in [0.3, 0.4) is 0 Å². The number of benzene rings is 2. The number of methoxy groups -OCH3 is 1. The first-order chi connectivity index (χ1) is 12.8. The topological polar surface area (TPSA) is 54.6 Å². The predicted octanol–water partition coefficient (Wildman–Crippen LogP) is 4.45. The van der Waals surface area contributed by atoms with E-state index in [1.165, 1.54) is 0 Å². The van der Waals surface area contributed by atoms with Crippen LogP contribution in [0.2, 0.25) is 0 Å². The molecule has 2 aromatic carbocycles. The third-order valence-electron chi connectivity index (χ3n) is 5.22. The van der Waals surface area contributed by atoms with Crippen LogP contribution >= 0.6 is 0 Å². The van der Waals surface area contributed by atoms with Crippen LogP contribution in [0.1, 0.15) is 55.5 Å². The molecule has 2 aliphatic heterocycles. The maximum absolute atomic E-state index is 9.97. The van der Waals surface area contributed by atoms with E-state index in [2.05, 4.69) is 45.9 Å². The molecule has 0 saturated carbocycles. The van der Waals surface area contributed by atoms with Crippen molar-refractivity contribution in [3.8, 4) is 17.6 Å². The van der Waals surface area contributed by atoms with E-state index in [0.717, 1.165) is 34.4 Å². The van der Waals surface area contributed by atoms with E-state index in [-0.39, 0.29) is 11.1 Å². The van der Waals surface area contributed by atoms with Crippen LogP contribution in [0.15, 0.2) is 35.3 Å². The van der Waals surface area contributed by atoms with E-state index in [1.807, 2.05) is 18.2 Å². The molecule has 4 heteroatoms. The van der Waals surface area contributed by atoms with Gasteiger partial charge in [0.25, 0.3) is 0 Å². The van der Waals surface area contributed by atoms with Gasteiger partial charge in [-0.2, -0.15) is 5.26 Å². The Bertz CT molecular complexity index is 996. The van der Waals surface area contributed by atoms with E-state index < -0.39 is 0 Å². The van der Waals surface area contributed by atoms with Crippen LogP contribution in [0.5, 0.6) is 11.5 Å². The Balaban J connectivity index is 2.09. The molecule has 27 heavy (non-hydrogen) atoms. The quantitative estimate of drug-likeness (QED) is 0.795. The second-order valence-electron chi connectivity index (χ2n) is 8.54. The van der Waals surface area contributed by atoms with E-state index in [1.54, 1.807) is 7.11 Å². The summed E-state index contributed by atoms with van der Waals surface area (Å²) >= 11 is 0. The number of hydrogen-bond donors (Lipinski definition) is 0. The van der Waals surface area contributed by atoms with Crippen molar-refractivity contribution in [3.05, 3.63) is 58.1 Å². The molecule has 4 nitrogen and oxygen atoms in total. The molecule has 0 atom stereocenters. The van der Waals surface area contributed by atoms with Crippen molar-refractivity contribution in [2.75, 3.05) is 7.11 Å². The molecule has 2 heterocycles. The first kappa shape index (κ1) is 17.6. The predicted molar refractivity (Wildman–Crippen MR) is 106 cm³/mol. The summed E-state index contributed by atoms with van der Waals surface area (Å²) < 4.78 is 11.9. The number of ether oxygens (including phenoxy) is 2. The van der Waals surface area contributed by atoms with Gasteiger partial charge in [0, 0.05) is 23.1 Å². The minimum Gasteiger partial charge on any atom is -0.492 e. The first-order valence-electron chi connectivity index (χ1n) is 9.27. The molecule has 2 aromatic rings. The van der Waals surface area contributed by atoms with Crippen LogP contribution in [-0.2, 0) is 12.8 Å². The molecule has 0 unspecified atom stereocenters. The standard InChI is InChI=1S/C23H24N2O2/c1-22(2)11-15-17(13-24)20(26-5)21-16(12-23(3,4)27-21)18(15)19(25-22)14-9-7-6-8-10-14/h6-10H,11-12H2,1-5H3. The number of aliphatic imine (C=N–C) groups is 1. The van der Waals surface area contributed by atoms with E-state index in [4.69, 9.17) is 14.5 Å². The Morgan fingerprint density at radius 3 is 2.41 bits per heavy atom. The van der Waals surface area contributed by atoms with Crippen molar-refractivity contribution in [3.63, 3.8) is 0 Å². The summed E-state index contributed by atoms with van der Waals surface area (Å²) in [6, 6.07) is 12.6. The number of fused-ring (bicyclic) bond motifs is 3. The van der Waals surface area contributed by atoms with Crippen molar-refractivity contribution in [2.45, 2.75) is 51.7 Å². The van der Waals surface area contributed by atoms with Gasteiger partial charge in [0.1, 0.15) is 17.2 Å². The molecule has 0 aromatic heterocycles. The Kier molecular flexibility index (Phi) is 3.82. The molecular weight excluding hydrogens is 336 g/mol. The highest BCUT2D eigenvalue weighted by Gasteiger charge is 2.41. The molecule has 0 amide bonds. The largest absolute Gasteiger partial charge is 0.492 e. The second kappa shape index (κ2) is 5.85. The minimum absolute atomic E-state index is 0.294. The van der Waals surface area contributed by atoms with Gasteiger partial charge in [-0.1, -0.05) is 30.3 Å². The Hall–Kier alpha value is -2.80. The van der Waals surface area contributed by atoms with Gasteiger partial charge in [-0.25, -0.2) is 0 Å². The summed E-state index contributed by atoms with van der Waals surface area (Å²) in [7, 11) is 1.61. The van der Waals surface area contributed by atoms with Gasteiger partial charge in [0.15, 0.2) is 11.5 Å². The third kappa shape index (κ3) is 2.78. The molecular formula is C23H24N2O2. The summed E-state index contributed by atoms with van der Waals surface area (Å²) in [6.07, 6.45) is 1.46. The summed E-state index contributed by atoms with van der Waals surface area (Å²) in [5.41, 5.74) is 5.12. The summed E-state index contributed by atoms with van der Waals surface area (Å²) in [4.78, 5) is 5.09. The average Bonchev–Trinajstić information content (AvgIpc) is 2.94. The molecule has 4 rings (SSSR count). The van der Waals surface area contributed by atoms with E-state index in [0.29, 0.717) is 23.5 Å². The van der Waals surface area contributed by atoms with Gasteiger partial charge >= 0.3 is 0 Å². The van der Waals surface area contributed by atoms with Crippen LogP contribution in [0.25, 0.3) is 0 Å². The molecule has 0 fully saturated rings. The lowest BCUT2D eigenvalue weighted by Gasteiger charge is -2.31. The zero-order chi connectivity index (χ0) is 19.4. The van der Waals surface area contributed by atoms with Crippen LogP contribution in [-0.4, -0.2) is 24.0 Å². The van der Waals surface area contributed by atoms with E-state index >= 15 is 0 Å². The molecule has 2 aliphatic rings. The van der Waals surface area contributed by atoms with Gasteiger partial charge in [0.05, 0.1) is 18.4 Å². The maximum Gasteiger partial charge on any atom is 0.179 e. The van der Waals surface area contributed by atoms with Crippen LogP contribution < -0.4 is 9.47 Å². The summed E-state index contributed by atoms with van der Waals surface area (Å²) in [5, 5.41) is 9.97. The highest BCUT2D eigenvalue weighted by atomic mass is 16.5. The van der Waals surface area contributed by atoms with Crippen molar-refractivity contribution in [1.82, 2.24) is 0 Å². The Morgan fingerprint density at radius 1 is 1.07 bits per heavy atom. The third-order valence-corrected chi connectivity index (χ3v) is 5.22. The molecule has 0 bridgehead atoms. The Labute approximate surface area is 160 Å². The SMILES string of the molecule is COc1c(C#N)c2c(c3c1OC(C)(C)C3)C(c1ccccc1)=NC(C)(C)C2. The van der Waals surface area contributed by atoms with Gasteiger partial charge in [-0.3, -0.25) is 4.99 Å². The molecule has 0 N–H and O–H groups in total. The molecule has 0 aliphatic carbocycles. The van der Waals surface area contributed by atoms with Gasteiger partial charge in [-0.15, -0.1) is 0 Å². The van der Waals surface area contributed by atoms with Crippen molar-refractivity contribution in [2.24, 2.45) is 4.99 Å². The van der Waals surface area contributed by atoms with Crippen molar-refractivity contribution in [1.29, 1.82) is 5.26 Å². The highest BCUT2D eigenvalue weighted by molar-refractivity contribution is 6.16. The lowest BCUT2D eigenvalue weighted by molar-refractivity contribution is 0.134. The van der Waals surface area contributed by atoms with Gasteiger partial charge in [0.2, 0.25) is 0 Å². The fourth-order valence-corrected chi connectivity index (χ4v) is 4.23. The van der Waals surface area contributed by atoms with Crippen molar-refractivity contribution >= 4 is 5.71 Å². The summed E-state index contributed by atoms with van der Waals surface area (Å²) in [6.45, 7) is 8.36. The van der Waals surface area contributed by atoms with Crippen LogP contribution in [0, 0.1) is 11.3 Å². The Morgan fingerprint density at radius 2 is 1.78 bits per heavy atom. The molecule has 0 radical (unpaired) electrons. The fraction of sp³-hybridized carbons (Fsp3) is 0.391. The zero-order valence-electron chi connectivity index (χ0n) is 16.5. The zero-order valence-corrected chi connectivity index (χ0v) is 16.5. The number of nitrogens with zero attached hydrogens (tertiary/aromatic N) is 2. The maximum atomic E-state index is 9.97. The lowest BCUT2D eigenvalue weighted by atomic mass is 9.79. The van der Waals surface area contributed by atoms with Crippen molar-refractivity contribution < 1.29 is 9.47 Å². The second-order valence-corrected chi connectivity index (χ2v) is 8.54. The highest BCUT2D eigenvalue weighted by Crippen LogP contribution is 2.50. The minimum atomic E-state index is -0.341. The number of nitriles is 1. The molecule has 0 spiro atoms. The van der Waals surface area contributed by atoms with Crippen LogP contribution in [0.4, 0.5) is 0 Å². The number of rotatable bonds is 2. The molecule has 0 saturated heterocycles. The fourth-order valence-electron chi connectivity index (χ4n) is 4.23. The average molecular weight is 360 g/mol. The van der Waals surface area contributed by atoms with Gasteiger partial charge < -0.3 is 9.47 Å². The monoisotopic (exact) mass is 360 g/mol. The molecule has 138 valence electrons. The lowest BCUT2D eigenvalue weighted by Crippen LogP contribution is -2.31. The normalized spacial score (nSPS) is 18.6. The smallest absolute Gasteiger partial charge is 0.179 e.